The van der Waals surface area contributed by atoms with E-state index in [0.29, 0.717) is 24.9 Å². The van der Waals surface area contributed by atoms with Gasteiger partial charge in [0.1, 0.15) is 5.82 Å². The van der Waals surface area contributed by atoms with Crippen molar-refractivity contribution in [2.45, 2.75) is 31.8 Å². The molecule has 6 heteroatoms. The van der Waals surface area contributed by atoms with Crippen molar-refractivity contribution < 1.29 is 14.0 Å². The molecule has 0 radical (unpaired) electrons. The molecule has 1 heterocycles. The Bertz CT molecular complexity index is 549. The molecule has 3 amide bonds. The topological polar surface area (TPSA) is 61.4 Å². The van der Waals surface area contributed by atoms with Crippen LogP contribution >= 0.6 is 0 Å². The molecule has 0 aromatic heterocycles. The van der Waals surface area contributed by atoms with Crippen molar-refractivity contribution in [1.82, 2.24) is 15.5 Å². The molecule has 1 saturated heterocycles. The Labute approximate surface area is 123 Å². The number of nitrogens with one attached hydrogen (secondary N) is 2. The van der Waals surface area contributed by atoms with Crippen LogP contribution in [0.2, 0.25) is 0 Å². The van der Waals surface area contributed by atoms with Crippen molar-refractivity contribution in [3.05, 3.63) is 35.6 Å². The Hall–Kier alpha value is -2.11. The molecule has 0 saturated carbocycles. The highest BCUT2D eigenvalue weighted by molar-refractivity contribution is 5.80. The van der Waals surface area contributed by atoms with Crippen LogP contribution in [0.15, 0.2) is 24.3 Å². The summed E-state index contributed by atoms with van der Waals surface area (Å²) in [6, 6.07) is 6.08. The molecule has 0 aliphatic carbocycles. The molecule has 5 nitrogen and oxygen atoms in total. The normalized spacial score (nSPS) is 21.0. The van der Waals surface area contributed by atoms with Gasteiger partial charge in [0, 0.05) is 32.1 Å². The lowest BCUT2D eigenvalue weighted by Gasteiger charge is -2.26. The molecule has 2 N–H and O–H groups in total. The molecule has 1 atom stereocenters. The summed E-state index contributed by atoms with van der Waals surface area (Å²) >= 11 is 0. The molecular formula is C15H20FN3O2. The molecule has 1 aliphatic heterocycles. The fourth-order valence-electron chi connectivity index (χ4n) is 2.34. The van der Waals surface area contributed by atoms with E-state index in [1.807, 2.05) is 6.92 Å². The minimum Gasteiger partial charge on any atom is -0.349 e. The highest BCUT2D eigenvalue weighted by Gasteiger charge is 2.33. The van der Waals surface area contributed by atoms with Crippen molar-refractivity contribution in [3.8, 4) is 0 Å². The Kier molecular flexibility index (Phi) is 4.45. The molecule has 114 valence electrons. The number of carbonyl (C=O) groups is 2. The summed E-state index contributed by atoms with van der Waals surface area (Å²) in [4.78, 5) is 24.7. The maximum absolute atomic E-state index is 13.5. The van der Waals surface area contributed by atoms with E-state index >= 15 is 0 Å². The van der Waals surface area contributed by atoms with Crippen LogP contribution in [0.3, 0.4) is 0 Å². The molecule has 21 heavy (non-hydrogen) atoms. The average molecular weight is 293 g/mol. The van der Waals surface area contributed by atoms with Crippen molar-refractivity contribution in [2.24, 2.45) is 0 Å². The molecule has 1 fully saturated rings. The van der Waals surface area contributed by atoms with Gasteiger partial charge < -0.3 is 15.5 Å². The first-order valence-electron chi connectivity index (χ1n) is 6.93. The maximum atomic E-state index is 13.5. The minimum atomic E-state index is -0.397. The first-order chi connectivity index (χ1) is 9.89. The zero-order valence-electron chi connectivity index (χ0n) is 12.3. The molecule has 1 aliphatic rings. The second-order valence-corrected chi connectivity index (χ2v) is 5.72. The van der Waals surface area contributed by atoms with Crippen LogP contribution < -0.4 is 10.6 Å². The van der Waals surface area contributed by atoms with Crippen molar-refractivity contribution in [1.29, 1.82) is 0 Å². The van der Waals surface area contributed by atoms with E-state index in [0.717, 1.165) is 0 Å². The van der Waals surface area contributed by atoms with Gasteiger partial charge in [0.2, 0.25) is 5.91 Å². The monoisotopic (exact) mass is 293 g/mol. The molecular weight excluding hydrogens is 273 g/mol. The van der Waals surface area contributed by atoms with E-state index in [4.69, 9.17) is 0 Å². The summed E-state index contributed by atoms with van der Waals surface area (Å²) in [5.41, 5.74) is 0.0708. The number of nitrogens with zero attached hydrogens (tertiary/aromatic N) is 1. The number of benzene rings is 1. The van der Waals surface area contributed by atoms with Crippen LogP contribution in [0.25, 0.3) is 0 Å². The summed E-state index contributed by atoms with van der Waals surface area (Å²) in [7, 11) is 1.61. The van der Waals surface area contributed by atoms with Crippen LogP contribution in [0, 0.1) is 5.82 Å². The standard InChI is InChI=1S/C15H20FN3O2/c1-15(8-7-13(20)18-15)10-17-14(21)19(2)9-11-5-3-4-6-12(11)16/h3-6H,7-10H2,1-2H3,(H,17,21)(H,18,20). The molecule has 1 unspecified atom stereocenters. The van der Waals surface area contributed by atoms with E-state index in [1.165, 1.54) is 11.0 Å². The summed E-state index contributed by atoms with van der Waals surface area (Å²) in [5, 5.41) is 5.63. The summed E-state index contributed by atoms with van der Waals surface area (Å²) in [6.45, 7) is 2.45. The summed E-state index contributed by atoms with van der Waals surface area (Å²) < 4.78 is 13.5. The zero-order valence-corrected chi connectivity index (χ0v) is 12.3. The first-order valence-corrected chi connectivity index (χ1v) is 6.93. The first kappa shape index (κ1) is 15.3. The van der Waals surface area contributed by atoms with Gasteiger partial charge in [0.15, 0.2) is 0 Å². The largest absolute Gasteiger partial charge is 0.349 e. The number of hydrogen-bond donors (Lipinski definition) is 2. The number of halogens is 1. The van der Waals surface area contributed by atoms with E-state index in [-0.39, 0.29) is 24.3 Å². The van der Waals surface area contributed by atoms with Gasteiger partial charge in [-0.05, 0) is 19.4 Å². The summed E-state index contributed by atoms with van der Waals surface area (Å²) in [6.07, 6.45) is 1.18. The van der Waals surface area contributed by atoms with E-state index in [2.05, 4.69) is 10.6 Å². The number of urea groups is 1. The van der Waals surface area contributed by atoms with Crippen LogP contribution in [-0.2, 0) is 11.3 Å². The van der Waals surface area contributed by atoms with Gasteiger partial charge >= 0.3 is 6.03 Å². The smallest absolute Gasteiger partial charge is 0.317 e. The van der Waals surface area contributed by atoms with Gasteiger partial charge in [-0.15, -0.1) is 0 Å². The lowest BCUT2D eigenvalue weighted by atomic mass is 10.0. The average Bonchev–Trinajstić information content (AvgIpc) is 2.79. The Balaban J connectivity index is 1.86. The highest BCUT2D eigenvalue weighted by Crippen LogP contribution is 2.18. The van der Waals surface area contributed by atoms with Gasteiger partial charge in [-0.2, -0.15) is 0 Å². The lowest BCUT2D eigenvalue weighted by Crippen LogP contribution is -2.50. The van der Waals surface area contributed by atoms with E-state index in [9.17, 15) is 14.0 Å². The number of amides is 3. The molecule has 1 aromatic carbocycles. The quantitative estimate of drug-likeness (QED) is 0.886. The van der Waals surface area contributed by atoms with Crippen molar-refractivity contribution >= 4 is 11.9 Å². The highest BCUT2D eigenvalue weighted by atomic mass is 19.1. The summed E-state index contributed by atoms with van der Waals surface area (Å²) in [5.74, 6) is -0.321. The van der Waals surface area contributed by atoms with Crippen LogP contribution in [-0.4, -0.2) is 36.0 Å². The molecule has 0 spiro atoms. The van der Waals surface area contributed by atoms with Crippen LogP contribution in [0.1, 0.15) is 25.3 Å². The van der Waals surface area contributed by atoms with Gasteiger partial charge in [0.25, 0.3) is 0 Å². The zero-order chi connectivity index (χ0) is 15.5. The van der Waals surface area contributed by atoms with E-state index < -0.39 is 5.54 Å². The number of hydrogen-bond acceptors (Lipinski definition) is 2. The van der Waals surface area contributed by atoms with Crippen LogP contribution in [0.4, 0.5) is 9.18 Å². The third-order valence-corrected chi connectivity index (χ3v) is 3.69. The van der Waals surface area contributed by atoms with Gasteiger partial charge in [-0.3, -0.25) is 4.79 Å². The molecule has 1 aromatic rings. The predicted molar refractivity (Wildman–Crippen MR) is 77.0 cm³/mol. The fourth-order valence-corrected chi connectivity index (χ4v) is 2.34. The van der Waals surface area contributed by atoms with Gasteiger partial charge in [-0.1, -0.05) is 18.2 Å². The lowest BCUT2D eigenvalue weighted by molar-refractivity contribution is -0.119. The fraction of sp³-hybridized carbons (Fsp3) is 0.467. The van der Waals surface area contributed by atoms with Crippen molar-refractivity contribution in [3.63, 3.8) is 0 Å². The third-order valence-electron chi connectivity index (χ3n) is 3.69. The SMILES string of the molecule is CN(Cc1ccccc1F)C(=O)NCC1(C)CCC(=O)N1. The second kappa shape index (κ2) is 6.11. The van der Waals surface area contributed by atoms with Crippen molar-refractivity contribution in [2.75, 3.05) is 13.6 Å². The minimum absolute atomic E-state index is 0.00598. The van der Waals surface area contributed by atoms with Gasteiger partial charge in [-0.25, -0.2) is 9.18 Å². The van der Waals surface area contributed by atoms with Crippen LogP contribution in [0.5, 0.6) is 0 Å². The Morgan fingerprint density at radius 2 is 2.19 bits per heavy atom. The third kappa shape index (κ3) is 3.93. The number of carbonyl (C=O) groups excluding carboxylic acids is 2. The Morgan fingerprint density at radius 1 is 1.48 bits per heavy atom. The number of rotatable bonds is 4. The predicted octanol–water partition coefficient (Wildman–Crippen LogP) is 1.64. The second-order valence-electron chi connectivity index (χ2n) is 5.72. The molecule has 0 bridgehead atoms. The van der Waals surface area contributed by atoms with E-state index in [1.54, 1.807) is 25.2 Å². The maximum Gasteiger partial charge on any atom is 0.317 e. The Morgan fingerprint density at radius 3 is 2.81 bits per heavy atom. The molecule has 2 rings (SSSR count). The van der Waals surface area contributed by atoms with Gasteiger partial charge in [0.05, 0.1) is 5.54 Å².